The molecule has 0 aliphatic rings. The second kappa shape index (κ2) is 7.41. The summed E-state index contributed by atoms with van der Waals surface area (Å²) in [4.78, 5) is 32.5. The molecule has 21 heavy (non-hydrogen) atoms. The van der Waals surface area contributed by atoms with Crippen LogP contribution in [0.3, 0.4) is 0 Å². The van der Waals surface area contributed by atoms with Crippen molar-refractivity contribution in [2.45, 2.75) is 39.2 Å². The van der Waals surface area contributed by atoms with Crippen molar-refractivity contribution in [2.75, 3.05) is 0 Å². The molecule has 0 aliphatic carbocycles. The van der Waals surface area contributed by atoms with E-state index in [1.165, 1.54) is 13.0 Å². The van der Waals surface area contributed by atoms with Gasteiger partial charge in [0.2, 0.25) is 0 Å². The van der Waals surface area contributed by atoms with Crippen molar-refractivity contribution in [1.82, 2.24) is 5.16 Å². The van der Waals surface area contributed by atoms with Gasteiger partial charge in [-0.2, -0.15) is 0 Å². The van der Waals surface area contributed by atoms with E-state index in [2.05, 4.69) is 5.16 Å². The predicted octanol–water partition coefficient (Wildman–Crippen LogP) is 1.41. The van der Waals surface area contributed by atoms with Gasteiger partial charge in [0, 0.05) is 18.9 Å². The first-order valence-electron chi connectivity index (χ1n) is 6.39. The molecule has 8 nitrogen and oxygen atoms in total. The first-order chi connectivity index (χ1) is 9.85. The lowest BCUT2D eigenvalue weighted by Crippen LogP contribution is -2.25. The summed E-state index contributed by atoms with van der Waals surface area (Å²) in [6.45, 7) is 2.99. The van der Waals surface area contributed by atoms with E-state index in [1.54, 1.807) is 6.92 Å². The lowest BCUT2D eigenvalue weighted by molar-refractivity contribution is -0.155. The molecule has 0 bridgehead atoms. The van der Waals surface area contributed by atoms with Gasteiger partial charge < -0.3 is 19.5 Å². The summed E-state index contributed by atoms with van der Waals surface area (Å²) in [5.74, 6) is -4.77. The van der Waals surface area contributed by atoms with Crippen LogP contribution in [-0.2, 0) is 25.7 Å². The largest absolute Gasteiger partial charge is 0.481 e. The molecule has 1 aromatic heterocycles. The van der Waals surface area contributed by atoms with Crippen molar-refractivity contribution in [3.8, 4) is 0 Å². The number of hydrogen-bond acceptors (Lipinski definition) is 6. The van der Waals surface area contributed by atoms with Gasteiger partial charge in [-0.25, -0.2) is 0 Å². The van der Waals surface area contributed by atoms with E-state index in [1.807, 2.05) is 0 Å². The van der Waals surface area contributed by atoms with Gasteiger partial charge in [0.25, 0.3) is 0 Å². The van der Waals surface area contributed by atoms with Gasteiger partial charge in [-0.1, -0.05) is 12.1 Å². The third-order valence-electron chi connectivity index (χ3n) is 3.02. The molecule has 8 heteroatoms. The average Bonchev–Trinajstić information content (AvgIpc) is 2.85. The van der Waals surface area contributed by atoms with E-state index < -0.39 is 23.8 Å². The van der Waals surface area contributed by atoms with Gasteiger partial charge in [-0.15, -0.1) is 0 Å². The zero-order valence-electron chi connectivity index (χ0n) is 11.7. The smallest absolute Gasteiger partial charge is 0.317 e. The predicted molar refractivity (Wildman–Crippen MR) is 68.4 cm³/mol. The SMILES string of the molecule is CC[C@H](CC(C(=O)O)C(=O)O)c1cc(COC(C)=O)on1. The maximum absolute atomic E-state index is 10.9. The lowest BCUT2D eigenvalue weighted by atomic mass is 9.90. The van der Waals surface area contributed by atoms with Crippen LogP contribution in [-0.4, -0.2) is 33.3 Å². The summed E-state index contributed by atoms with van der Waals surface area (Å²) in [5, 5.41) is 21.6. The maximum atomic E-state index is 10.9. The molecule has 0 spiro atoms. The molecule has 0 aromatic carbocycles. The fourth-order valence-corrected chi connectivity index (χ4v) is 1.85. The summed E-state index contributed by atoms with van der Waals surface area (Å²) < 4.78 is 9.73. The van der Waals surface area contributed by atoms with Crippen LogP contribution in [0.1, 0.15) is 44.1 Å². The van der Waals surface area contributed by atoms with Gasteiger partial charge >= 0.3 is 17.9 Å². The molecule has 1 aromatic rings. The number of esters is 1. The van der Waals surface area contributed by atoms with Crippen LogP contribution >= 0.6 is 0 Å². The first-order valence-corrected chi connectivity index (χ1v) is 6.39. The minimum absolute atomic E-state index is 0.0694. The van der Waals surface area contributed by atoms with Crippen LogP contribution in [0.2, 0.25) is 0 Å². The van der Waals surface area contributed by atoms with Gasteiger partial charge in [0.05, 0.1) is 5.69 Å². The Bertz CT molecular complexity index is 508. The molecule has 0 radical (unpaired) electrons. The highest BCUT2D eigenvalue weighted by Crippen LogP contribution is 2.27. The van der Waals surface area contributed by atoms with Gasteiger partial charge in [0.15, 0.2) is 18.3 Å². The topological polar surface area (TPSA) is 127 Å². The van der Waals surface area contributed by atoms with Crippen molar-refractivity contribution in [1.29, 1.82) is 0 Å². The number of aromatic nitrogens is 1. The number of ether oxygens (including phenoxy) is 1. The average molecular weight is 299 g/mol. The zero-order valence-corrected chi connectivity index (χ0v) is 11.7. The van der Waals surface area contributed by atoms with E-state index >= 15 is 0 Å². The van der Waals surface area contributed by atoms with Crippen molar-refractivity contribution < 1.29 is 33.9 Å². The number of carboxylic acids is 2. The minimum Gasteiger partial charge on any atom is -0.481 e. The molecule has 2 N–H and O–H groups in total. The molecule has 0 saturated heterocycles. The van der Waals surface area contributed by atoms with Crippen molar-refractivity contribution >= 4 is 17.9 Å². The Labute approximate surface area is 120 Å². The van der Waals surface area contributed by atoms with Gasteiger partial charge in [0.1, 0.15) is 0 Å². The highest BCUT2D eigenvalue weighted by Gasteiger charge is 2.30. The van der Waals surface area contributed by atoms with Crippen LogP contribution in [0, 0.1) is 5.92 Å². The van der Waals surface area contributed by atoms with E-state index in [9.17, 15) is 14.4 Å². The van der Waals surface area contributed by atoms with Crippen LogP contribution in [0.5, 0.6) is 0 Å². The molecule has 1 heterocycles. The van der Waals surface area contributed by atoms with Crippen LogP contribution in [0.25, 0.3) is 0 Å². The molecular formula is C13H17NO7. The number of carbonyl (C=O) groups is 3. The Hall–Kier alpha value is -2.38. The number of hydrogen-bond donors (Lipinski definition) is 2. The fraction of sp³-hybridized carbons (Fsp3) is 0.538. The number of carbonyl (C=O) groups excluding carboxylic acids is 1. The summed E-state index contributed by atoms with van der Waals surface area (Å²) in [5.41, 5.74) is 0.451. The molecule has 0 amide bonds. The van der Waals surface area contributed by atoms with Gasteiger partial charge in [-0.3, -0.25) is 14.4 Å². The highest BCUT2D eigenvalue weighted by molar-refractivity contribution is 5.92. The highest BCUT2D eigenvalue weighted by atomic mass is 16.5. The summed E-state index contributed by atoms with van der Waals surface area (Å²) >= 11 is 0. The van der Waals surface area contributed by atoms with Crippen LogP contribution in [0.4, 0.5) is 0 Å². The summed E-state index contributed by atoms with van der Waals surface area (Å²) in [6, 6.07) is 1.54. The van der Waals surface area contributed by atoms with Gasteiger partial charge in [-0.05, 0) is 12.8 Å². The molecular weight excluding hydrogens is 282 g/mol. The Balaban J connectivity index is 2.78. The van der Waals surface area contributed by atoms with E-state index in [4.69, 9.17) is 19.5 Å². The number of nitrogens with zero attached hydrogens (tertiary/aromatic N) is 1. The Morgan fingerprint density at radius 3 is 2.43 bits per heavy atom. The number of rotatable bonds is 8. The molecule has 1 atom stereocenters. The number of carboxylic acid groups (broad SMARTS) is 2. The second-order valence-electron chi connectivity index (χ2n) is 4.57. The standard InChI is InChI=1S/C13H17NO7/c1-3-8(4-10(12(16)17)13(18)19)11-5-9(21-14-11)6-20-7(2)15/h5,8,10H,3-4,6H2,1-2H3,(H,16,17)(H,18,19)/t8-/m1/s1. The minimum atomic E-state index is -1.50. The van der Waals surface area contributed by atoms with Crippen molar-refractivity contribution in [2.24, 2.45) is 5.92 Å². The Morgan fingerprint density at radius 1 is 1.33 bits per heavy atom. The maximum Gasteiger partial charge on any atom is 0.317 e. The first kappa shape index (κ1) is 16.7. The second-order valence-corrected chi connectivity index (χ2v) is 4.57. The fourth-order valence-electron chi connectivity index (χ4n) is 1.85. The molecule has 0 fully saturated rings. The third kappa shape index (κ3) is 4.90. The van der Waals surface area contributed by atoms with E-state index in [0.29, 0.717) is 17.9 Å². The lowest BCUT2D eigenvalue weighted by Gasteiger charge is -2.14. The molecule has 0 unspecified atom stereocenters. The summed E-state index contributed by atoms with van der Waals surface area (Å²) in [6.07, 6.45) is 0.428. The third-order valence-corrected chi connectivity index (χ3v) is 3.02. The normalized spacial score (nSPS) is 12.1. The van der Waals surface area contributed by atoms with E-state index in [-0.39, 0.29) is 18.9 Å². The molecule has 0 saturated carbocycles. The molecule has 1 rings (SSSR count). The van der Waals surface area contributed by atoms with Crippen molar-refractivity contribution in [3.63, 3.8) is 0 Å². The zero-order chi connectivity index (χ0) is 16.0. The molecule has 116 valence electrons. The number of aliphatic carboxylic acids is 2. The van der Waals surface area contributed by atoms with Crippen LogP contribution < -0.4 is 0 Å². The molecule has 0 aliphatic heterocycles. The quantitative estimate of drug-likeness (QED) is 0.544. The van der Waals surface area contributed by atoms with E-state index in [0.717, 1.165) is 0 Å². The summed E-state index contributed by atoms with van der Waals surface area (Å²) in [7, 11) is 0. The Kier molecular flexibility index (Phi) is 5.89. The Morgan fingerprint density at radius 2 is 1.95 bits per heavy atom. The monoisotopic (exact) mass is 299 g/mol. The van der Waals surface area contributed by atoms with Crippen molar-refractivity contribution in [3.05, 3.63) is 17.5 Å². The van der Waals surface area contributed by atoms with Crippen LogP contribution in [0.15, 0.2) is 10.6 Å².